The minimum Gasteiger partial charge on any atom is -0.491 e. The van der Waals surface area contributed by atoms with Crippen LogP contribution in [0.25, 0.3) is 22.8 Å². The molecule has 3 rings (SSSR count). The zero-order valence-corrected chi connectivity index (χ0v) is 15.5. The second kappa shape index (κ2) is 8.79. The van der Waals surface area contributed by atoms with Crippen molar-refractivity contribution in [2.24, 2.45) is 5.92 Å². The number of benzene rings is 2. The molecular weight excluding hydrogens is 344 g/mol. The summed E-state index contributed by atoms with van der Waals surface area (Å²) in [7, 11) is 0. The second-order valence-electron chi connectivity index (χ2n) is 6.89. The molecule has 6 nitrogen and oxygen atoms in total. The van der Waals surface area contributed by atoms with E-state index in [9.17, 15) is 5.11 Å². The van der Waals surface area contributed by atoms with E-state index in [1.54, 1.807) is 12.1 Å². The van der Waals surface area contributed by atoms with Gasteiger partial charge >= 0.3 is 0 Å². The van der Waals surface area contributed by atoms with Gasteiger partial charge in [-0.3, -0.25) is 0 Å². The Bertz CT molecular complexity index is 841. The van der Waals surface area contributed by atoms with Crippen molar-refractivity contribution < 1.29 is 19.5 Å². The Labute approximate surface area is 158 Å². The summed E-state index contributed by atoms with van der Waals surface area (Å²) in [6, 6.07) is 15.3. The summed E-state index contributed by atoms with van der Waals surface area (Å²) in [4.78, 5) is 4.47. The molecule has 1 atom stereocenters. The van der Waals surface area contributed by atoms with Gasteiger partial charge in [-0.25, -0.2) is 0 Å². The van der Waals surface area contributed by atoms with E-state index in [2.05, 4.69) is 36.1 Å². The van der Waals surface area contributed by atoms with Crippen LogP contribution in [-0.4, -0.2) is 39.7 Å². The van der Waals surface area contributed by atoms with Crippen LogP contribution in [0.4, 0.5) is 0 Å². The van der Waals surface area contributed by atoms with Crippen LogP contribution in [0, 0.1) is 5.92 Å². The third-order valence-electron chi connectivity index (χ3n) is 4.04. The smallest absolute Gasteiger partial charge is 0.258 e. The van der Waals surface area contributed by atoms with Gasteiger partial charge < -0.3 is 19.5 Å². The molecule has 2 aromatic carbocycles. The number of aromatic nitrogens is 2. The van der Waals surface area contributed by atoms with Crippen LogP contribution in [0.15, 0.2) is 53.1 Å². The highest BCUT2D eigenvalue weighted by molar-refractivity contribution is 5.60. The maximum atomic E-state index is 9.32. The van der Waals surface area contributed by atoms with E-state index in [0.717, 1.165) is 17.5 Å². The Morgan fingerprint density at radius 2 is 1.67 bits per heavy atom. The number of hydrogen-bond donors (Lipinski definition) is 2. The molecule has 0 fully saturated rings. The lowest BCUT2D eigenvalue weighted by Gasteiger charge is -2.09. The highest BCUT2D eigenvalue weighted by Gasteiger charge is 2.11. The predicted octanol–water partition coefficient (Wildman–Crippen LogP) is 3.33. The largest absolute Gasteiger partial charge is 0.491 e. The molecule has 0 radical (unpaired) electrons. The fraction of sp³-hybridized carbons (Fsp3) is 0.333. The zero-order chi connectivity index (χ0) is 19.2. The summed E-state index contributed by atoms with van der Waals surface area (Å²) in [6.45, 7) is 4.10. The van der Waals surface area contributed by atoms with Crippen LogP contribution in [0.3, 0.4) is 0 Å². The van der Waals surface area contributed by atoms with Gasteiger partial charge in [0.15, 0.2) is 0 Å². The Balaban J connectivity index is 1.68. The van der Waals surface area contributed by atoms with Crippen molar-refractivity contribution in [3.05, 3.63) is 54.1 Å². The van der Waals surface area contributed by atoms with E-state index in [0.29, 0.717) is 23.4 Å². The molecule has 0 saturated carbocycles. The summed E-state index contributed by atoms with van der Waals surface area (Å²) >= 11 is 0. The highest BCUT2D eigenvalue weighted by Crippen LogP contribution is 2.24. The van der Waals surface area contributed by atoms with E-state index >= 15 is 0 Å². The monoisotopic (exact) mass is 368 g/mol. The number of nitrogens with zero attached hydrogens (tertiary/aromatic N) is 2. The summed E-state index contributed by atoms with van der Waals surface area (Å²) in [5.41, 5.74) is 2.98. The van der Waals surface area contributed by atoms with Gasteiger partial charge in [0.2, 0.25) is 5.82 Å². The van der Waals surface area contributed by atoms with Crippen molar-refractivity contribution >= 4 is 0 Å². The lowest BCUT2D eigenvalue weighted by atomic mass is 10.0. The number of aliphatic hydroxyl groups excluding tert-OH is 2. The molecule has 0 spiro atoms. The maximum absolute atomic E-state index is 9.32. The minimum absolute atomic E-state index is 0.0367. The molecule has 142 valence electrons. The predicted molar refractivity (Wildman–Crippen MR) is 102 cm³/mol. The first kappa shape index (κ1) is 19.1. The fourth-order valence-electron chi connectivity index (χ4n) is 2.66. The molecule has 0 bridgehead atoms. The first-order valence-corrected chi connectivity index (χ1v) is 9.00. The van der Waals surface area contributed by atoms with Gasteiger partial charge in [0.05, 0.1) is 6.61 Å². The molecular formula is C21H24N2O4. The molecule has 0 unspecified atom stereocenters. The topological polar surface area (TPSA) is 88.6 Å². The van der Waals surface area contributed by atoms with Crippen LogP contribution in [0.1, 0.15) is 19.4 Å². The first-order valence-electron chi connectivity index (χ1n) is 9.00. The van der Waals surface area contributed by atoms with E-state index < -0.39 is 6.10 Å². The van der Waals surface area contributed by atoms with Crippen molar-refractivity contribution in [3.8, 4) is 28.6 Å². The van der Waals surface area contributed by atoms with Crippen LogP contribution in [0.2, 0.25) is 0 Å². The van der Waals surface area contributed by atoms with Gasteiger partial charge in [0.25, 0.3) is 5.89 Å². The molecule has 27 heavy (non-hydrogen) atoms. The fourth-order valence-corrected chi connectivity index (χ4v) is 2.66. The standard InChI is InChI=1S/C21H24N2O4/c1-14(2)11-15-3-5-17(6-4-15)21-22-20(23-27-21)16-7-9-19(10-8-16)26-13-18(25)12-24/h3-10,14,18,24-25H,11-13H2,1-2H3/t18-/m1/s1. The molecule has 2 N–H and O–H groups in total. The van der Waals surface area contributed by atoms with Crippen molar-refractivity contribution in [3.63, 3.8) is 0 Å². The van der Waals surface area contributed by atoms with E-state index in [-0.39, 0.29) is 13.2 Å². The lowest BCUT2D eigenvalue weighted by molar-refractivity contribution is 0.0536. The summed E-state index contributed by atoms with van der Waals surface area (Å²) < 4.78 is 10.8. The van der Waals surface area contributed by atoms with Crippen molar-refractivity contribution in [2.45, 2.75) is 26.4 Å². The van der Waals surface area contributed by atoms with Crippen LogP contribution in [0.5, 0.6) is 5.75 Å². The van der Waals surface area contributed by atoms with E-state index in [4.69, 9.17) is 14.4 Å². The van der Waals surface area contributed by atoms with Crippen LogP contribution >= 0.6 is 0 Å². The summed E-state index contributed by atoms with van der Waals surface area (Å²) in [5, 5.41) is 22.2. The summed E-state index contributed by atoms with van der Waals surface area (Å²) in [6.07, 6.45) is 0.149. The normalized spacial score (nSPS) is 12.3. The number of hydrogen-bond acceptors (Lipinski definition) is 6. The second-order valence-corrected chi connectivity index (χ2v) is 6.89. The van der Waals surface area contributed by atoms with Crippen LogP contribution < -0.4 is 4.74 Å². The van der Waals surface area contributed by atoms with Crippen molar-refractivity contribution in [1.82, 2.24) is 10.1 Å². The number of rotatable bonds is 8. The Kier molecular flexibility index (Phi) is 6.21. The van der Waals surface area contributed by atoms with Crippen LogP contribution in [-0.2, 0) is 6.42 Å². The van der Waals surface area contributed by atoms with Gasteiger partial charge in [-0.2, -0.15) is 4.98 Å². The molecule has 0 aliphatic carbocycles. The van der Waals surface area contributed by atoms with E-state index in [1.807, 2.05) is 24.3 Å². The first-order chi connectivity index (χ1) is 13.0. The quantitative estimate of drug-likeness (QED) is 0.634. The number of aliphatic hydroxyl groups is 2. The molecule has 0 aliphatic heterocycles. The third-order valence-corrected chi connectivity index (χ3v) is 4.04. The Hall–Kier alpha value is -2.70. The Morgan fingerprint density at radius 1 is 1.00 bits per heavy atom. The molecule has 0 aliphatic rings. The summed E-state index contributed by atoms with van der Waals surface area (Å²) in [5.74, 6) is 2.19. The number of ether oxygens (including phenoxy) is 1. The molecule has 1 heterocycles. The maximum Gasteiger partial charge on any atom is 0.258 e. The minimum atomic E-state index is -0.892. The van der Waals surface area contributed by atoms with Gasteiger partial charge in [-0.1, -0.05) is 31.1 Å². The van der Waals surface area contributed by atoms with Gasteiger partial charge in [-0.15, -0.1) is 0 Å². The van der Waals surface area contributed by atoms with E-state index in [1.165, 1.54) is 5.56 Å². The zero-order valence-electron chi connectivity index (χ0n) is 15.5. The van der Waals surface area contributed by atoms with Crippen molar-refractivity contribution in [2.75, 3.05) is 13.2 Å². The third kappa shape index (κ3) is 5.15. The molecule has 0 amide bonds. The SMILES string of the molecule is CC(C)Cc1ccc(-c2nc(-c3ccc(OC[C@H](O)CO)cc3)no2)cc1. The van der Waals surface area contributed by atoms with Gasteiger partial charge in [0, 0.05) is 11.1 Å². The molecule has 1 aromatic heterocycles. The van der Waals surface area contributed by atoms with Gasteiger partial charge in [-0.05, 0) is 54.3 Å². The molecule has 0 saturated heterocycles. The lowest BCUT2D eigenvalue weighted by Crippen LogP contribution is -2.21. The molecule has 3 aromatic rings. The average molecular weight is 368 g/mol. The molecule has 6 heteroatoms. The van der Waals surface area contributed by atoms with Crippen molar-refractivity contribution in [1.29, 1.82) is 0 Å². The average Bonchev–Trinajstić information content (AvgIpc) is 3.17. The highest BCUT2D eigenvalue weighted by atomic mass is 16.5. The Morgan fingerprint density at radius 3 is 2.30 bits per heavy atom. The van der Waals surface area contributed by atoms with Gasteiger partial charge in [0.1, 0.15) is 18.5 Å².